The summed E-state index contributed by atoms with van der Waals surface area (Å²) in [5.41, 5.74) is 5.48. The maximum Gasteiger partial charge on any atom is 0.220 e. The van der Waals surface area contributed by atoms with E-state index < -0.39 is 0 Å². The molecule has 1 aromatic rings. The molecule has 0 saturated carbocycles. The highest BCUT2D eigenvalue weighted by Gasteiger charge is 2.04. The van der Waals surface area contributed by atoms with Crippen molar-refractivity contribution in [2.45, 2.75) is 19.8 Å². The Hall–Kier alpha value is -1.46. The molecule has 0 saturated heterocycles. The van der Waals surface area contributed by atoms with Crippen LogP contribution in [-0.4, -0.2) is 32.7 Å². The summed E-state index contributed by atoms with van der Waals surface area (Å²) in [6.45, 7) is 3.74. The average molecular weight is 317 g/mol. The molecule has 0 fully saturated rings. The summed E-state index contributed by atoms with van der Waals surface area (Å²) in [5, 5.41) is 2.86. The molecule has 5 nitrogen and oxygen atoms in total. The molecule has 21 heavy (non-hydrogen) atoms. The molecule has 120 valence electrons. The molecule has 0 heterocycles. The predicted octanol–water partition coefficient (Wildman–Crippen LogP) is 1.99. The lowest BCUT2D eigenvalue weighted by Crippen LogP contribution is -2.31. The number of nitrogens with one attached hydrogen (secondary N) is 1. The van der Waals surface area contributed by atoms with Crippen LogP contribution in [-0.2, 0) is 4.79 Å². The lowest BCUT2D eigenvalue weighted by Gasteiger charge is -2.10. The largest absolute Gasteiger partial charge is 0.497 e. The fourth-order valence-electron chi connectivity index (χ4n) is 1.55. The number of rotatable bonds is 9. The molecule has 0 aliphatic heterocycles. The van der Waals surface area contributed by atoms with Gasteiger partial charge >= 0.3 is 0 Å². The first-order valence-electron chi connectivity index (χ1n) is 6.89. The van der Waals surface area contributed by atoms with Crippen LogP contribution in [0.5, 0.6) is 11.5 Å². The van der Waals surface area contributed by atoms with Crippen LogP contribution in [0.15, 0.2) is 24.3 Å². The molecule has 1 atom stereocenters. The first-order valence-corrected chi connectivity index (χ1v) is 6.89. The molecule has 6 heteroatoms. The Morgan fingerprint density at radius 2 is 1.90 bits per heavy atom. The average Bonchev–Trinajstić information content (AvgIpc) is 2.49. The van der Waals surface area contributed by atoms with Crippen molar-refractivity contribution in [2.75, 3.05) is 26.8 Å². The van der Waals surface area contributed by atoms with Gasteiger partial charge in [-0.3, -0.25) is 4.79 Å². The highest BCUT2D eigenvalue weighted by atomic mass is 35.5. The van der Waals surface area contributed by atoms with Gasteiger partial charge in [0.1, 0.15) is 11.5 Å². The summed E-state index contributed by atoms with van der Waals surface area (Å²) in [5.74, 6) is 1.94. The van der Waals surface area contributed by atoms with Gasteiger partial charge in [0.2, 0.25) is 5.91 Å². The quantitative estimate of drug-likeness (QED) is 0.683. The van der Waals surface area contributed by atoms with Crippen LogP contribution < -0.4 is 20.5 Å². The van der Waals surface area contributed by atoms with Crippen molar-refractivity contribution in [2.24, 2.45) is 11.7 Å². The molecule has 0 aliphatic carbocycles. The molecule has 0 aromatic heterocycles. The lowest BCUT2D eigenvalue weighted by atomic mass is 10.2. The molecule has 3 N–H and O–H groups in total. The maximum atomic E-state index is 11.5. The van der Waals surface area contributed by atoms with Crippen LogP contribution >= 0.6 is 12.4 Å². The minimum atomic E-state index is 0. The van der Waals surface area contributed by atoms with Crippen molar-refractivity contribution >= 4 is 18.3 Å². The van der Waals surface area contributed by atoms with Gasteiger partial charge < -0.3 is 20.5 Å². The number of hydrogen-bond donors (Lipinski definition) is 2. The fraction of sp³-hybridized carbons (Fsp3) is 0.533. The van der Waals surface area contributed by atoms with Gasteiger partial charge in [0.15, 0.2) is 0 Å². The Bertz CT molecular complexity index is 398. The number of carbonyl (C=O) groups excluding carboxylic acids is 1. The number of carbonyl (C=O) groups is 1. The van der Waals surface area contributed by atoms with Gasteiger partial charge in [0, 0.05) is 13.0 Å². The zero-order valence-electron chi connectivity index (χ0n) is 12.6. The van der Waals surface area contributed by atoms with E-state index in [9.17, 15) is 4.79 Å². The third kappa shape index (κ3) is 8.42. The van der Waals surface area contributed by atoms with Gasteiger partial charge in [0.25, 0.3) is 0 Å². The first-order chi connectivity index (χ1) is 9.65. The van der Waals surface area contributed by atoms with Crippen LogP contribution in [0.2, 0.25) is 0 Å². The third-order valence-electron chi connectivity index (χ3n) is 2.93. The van der Waals surface area contributed by atoms with Crippen molar-refractivity contribution in [1.82, 2.24) is 5.32 Å². The van der Waals surface area contributed by atoms with Crippen LogP contribution in [0.25, 0.3) is 0 Å². The van der Waals surface area contributed by atoms with E-state index in [-0.39, 0.29) is 18.3 Å². The Morgan fingerprint density at radius 1 is 1.29 bits per heavy atom. The van der Waals surface area contributed by atoms with Crippen LogP contribution in [0.1, 0.15) is 19.8 Å². The lowest BCUT2D eigenvalue weighted by molar-refractivity contribution is -0.121. The van der Waals surface area contributed by atoms with Crippen molar-refractivity contribution in [3.8, 4) is 11.5 Å². The van der Waals surface area contributed by atoms with Crippen molar-refractivity contribution in [1.29, 1.82) is 0 Å². The highest BCUT2D eigenvalue weighted by Crippen LogP contribution is 2.17. The third-order valence-corrected chi connectivity index (χ3v) is 2.93. The minimum Gasteiger partial charge on any atom is -0.497 e. The van der Waals surface area contributed by atoms with Gasteiger partial charge in [-0.2, -0.15) is 0 Å². The van der Waals surface area contributed by atoms with Crippen molar-refractivity contribution in [3.63, 3.8) is 0 Å². The monoisotopic (exact) mass is 316 g/mol. The number of halogens is 1. The Kier molecular flexibility index (Phi) is 10.4. The topological polar surface area (TPSA) is 73.6 Å². The molecule has 1 unspecified atom stereocenters. The Morgan fingerprint density at radius 3 is 2.48 bits per heavy atom. The summed E-state index contributed by atoms with van der Waals surface area (Å²) >= 11 is 0. The van der Waals surface area contributed by atoms with Crippen molar-refractivity contribution < 1.29 is 14.3 Å². The van der Waals surface area contributed by atoms with Crippen LogP contribution in [0.4, 0.5) is 0 Å². The number of nitrogens with two attached hydrogens (primary N) is 1. The molecule has 1 amide bonds. The molecular formula is C15H25ClN2O3. The second-order valence-electron chi connectivity index (χ2n) is 4.77. The summed E-state index contributed by atoms with van der Waals surface area (Å²) in [4.78, 5) is 11.5. The normalized spacial score (nSPS) is 11.2. The summed E-state index contributed by atoms with van der Waals surface area (Å²) in [6.07, 6.45) is 1.16. The van der Waals surface area contributed by atoms with Gasteiger partial charge in [-0.25, -0.2) is 0 Å². The van der Waals surface area contributed by atoms with E-state index in [1.807, 2.05) is 31.2 Å². The number of amides is 1. The highest BCUT2D eigenvalue weighted by molar-refractivity contribution is 5.85. The predicted molar refractivity (Wildman–Crippen MR) is 86.2 cm³/mol. The van der Waals surface area contributed by atoms with Gasteiger partial charge in [-0.05, 0) is 43.1 Å². The Labute approximate surface area is 132 Å². The maximum absolute atomic E-state index is 11.5. The molecule has 0 radical (unpaired) electrons. The van der Waals surface area contributed by atoms with E-state index in [1.165, 1.54) is 0 Å². The smallest absolute Gasteiger partial charge is 0.220 e. The molecule has 0 spiro atoms. The zero-order chi connectivity index (χ0) is 14.8. The zero-order valence-corrected chi connectivity index (χ0v) is 13.4. The van der Waals surface area contributed by atoms with Crippen LogP contribution in [0.3, 0.4) is 0 Å². The summed E-state index contributed by atoms with van der Waals surface area (Å²) < 4.78 is 10.6. The van der Waals surface area contributed by atoms with E-state index in [4.69, 9.17) is 15.2 Å². The summed E-state index contributed by atoms with van der Waals surface area (Å²) in [7, 11) is 1.62. The molecule has 1 rings (SSSR count). The summed E-state index contributed by atoms with van der Waals surface area (Å²) in [6, 6.07) is 7.39. The van der Waals surface area contributed by atoms with E-state index in [0.717, 1.165) is 11.5 Å². The van der Waals surface area contributed by atoms with E-state index in [1.54, 1.807) is 7.11 Å². The fourth-order valence-corrected chi connectivity index (χ4v) is 1.55. The molecule has 0 bridgehead atoms. The number of hydrogen-bond acceptors (Lipinski definition) is 4. The molecule has 0 aliphatic rings. The SMILES string of the molecule is COc1ccc(OCCCC(=O)NCC(C)CN)cc1.Cl. The second-order valence-corrected chi connectivity index (χ2v) is 4.77. The van der Waals surface area contributed by atoms with E-state index in [2.05, 4.69) is 5.32 Å². The standard InChI is InChI=1S/C15H24N2O3.ClH/c1-12(10-16)11-17-15(18)4-3-9-20-14-7-5-13(19-2)6-8-14;/h5-8,12H,3-4,9-11,16H2,1-2H3,(H,17,18);1H. The van der Waals surface area contributed by atoms with E-state index in [0.29, 0.717) is 38.5 Å². The molecule has 1 aromatic carbocycles. The second kappa shape index (κ2) is 11.2. The molecular weight excluding hydrogens is 292 g/mol. The van der Waals surface area contributed by atoms with Gasteiger partial charge in [-0.15, -0.1) is 12.4 Å². The number of methoxy groups -OCH3 is 1. The Balaban J connectivity index is 0.00000400. The minimum absolute atomic E-state index is 0. The van der Waals surface area contributed by atoms with Crippen LogP contribution in [0, 0.1) is 5.92 Å². The van der Waals surface area contributed by atoms with Crippen molar-refractivity contribution in [3.05, 3.63) is 24.3 Å². The number of benzene rings is 1. The van der Waals surface area contributed by atoms with Gasteiger partial charge in [0.05, 0.1) is 13.7 Å². The first kappa shape index (κ1) is 19.5. The number of ether oxygens (including phenoxy) is 2. The van der Waals surface area contributed by atoms with Gasteiger partial charge in [-0.1, -0.05) is 6.92 Å². The van der Waals surface area contributed by atoms with E-state index >= 15 is 0 Å².